The summed E-state index contributed by atoms with van der Waals surface area (Å²) in [5.41, 5.74) is 1.76. The molecule has 3 aromatic rings. The SMILES string of the molecule is COc1cc(-c2ncc(C(=O)NCc3ccc(F)cc3)c(N3CCOCC3)n2)cc(OC)c1OC. The predicted octanol–water partition coefficient (Wildman–Crippen LogP) is 3.08. The van der Waals surface area contributed by atoms with Crippen LogP contribution >= 0.6 is 0 Å². The summed E-state index contributed by atoms with van der Waals surface area (Å²) < 4.78 is 35.0. The number of aromatic nitrogens is 2. The number of ether oxygens (including phenoxy) is 4. The van der Waals surface area contributed by atoms with E-state index in [1.165, 1.54) is 39.7 Å². The van der Waals surface area contributed by atoms with Gasteiger partial charge in [-0.3, -0.25) is 4.79 Å². The van der Waals surface area contributed by atoms with E-state index < -0.39 is 0 Å². The number of amides is 1. The number of morpholine rings is 1. The van der Waals surface area contributed by atoms with Crippen LogP contribution in [0.5, 0.6) is 17.2 Å². The number of rotatable bonds is 8. The summed E-state index contributed by atoms with van der Waals surface area (Å²) in [6.07, 6.45) is 1.51. The topological polar surface area (TPSA) is 95.0 Å². The molecule has 9 nitrogen and oxygen atoms in total. The lowest BCUT2D eigenvalue weighted by atomic mass is 10.1. The number of nitrogens with one attached hydrogen (secondary N) is 1. The first kappa shape index (κ1) is 24.2. The zero-order chi connectivity index (χ0) is 24.8. The van der Waals surface area contributed by atoms with E-state index in [1.54, 1.807) is 24.3 Å². The average molecular weight is 483 g/mol. The van der Waals surface area contributed by atoms with Gasteiger partial charge in [-0.15, -0.1) is 0 Å². The van der Waals surface area contributed by atoms with E-state index in [4.69, 9.17) is 23.9 Å². The minimum Gasteiger partial charge on any atom is -0.493 e. The number of anilines is 1. The predicted molar refractivity (Wildman–Crippen MR) is 128 cm³/mol. The zero-order valence-electron chi connectivity index (χ0n) is 19.8. The molecule has 2 aromatic carbocycles. The molecule has 1 aliphatic rings. The van der Waals surface area contributed by atoms with E-state index in [2.05, 4.69) is 10.3 Å². The minimum atomic E-state index is -0.328. The van der Waals surface area contributed by atoms with Crippen molar-refractivity contribution in [3.63, 3.8) is 0 Å². The second-order valence-electron chi connectivity index (χ2n) is 7.75. The number of hydrogen-bond donors (Lipinski definition) is 1. The molecule has 0 aliphatic carbocycles. The molecule has 1 saturated heterocycles. The maximum Gasteiger partial charge on any atom is 0.256 e. The Hall–Kier alpha value is -3.92. The Bertz CT molecular complexity index is 1160. The molecule has 4 rings (SSSR count). The van der Waals surface area contributed by atoms with E-state index in [0.717, 1.165) is 5.56 Å². The third-order valence-corrected chi connectivity index (χ3v) is 5.61. The van der Waals surface area contributed by atoms with Crippen molar-refractivity contribution in [2.75, 3.05) is 52.5 Å². The van der Waals surface area contributed by atoms with Gasteiger partial charge in [-0.05, 0) is 29.8 Å². The van der Waals surface area contributed by atoms with Crippen LogP contribution in [0, 0.1) is 5.82 Å². The molecule has 2 heterocycles. The number of nitrogens with zero attached hydrogens (tertiary/aromatic N) is 3. The van der Waals surface area contributed by atoms with Crippen LogP contribution in [0.1, 0.15) is 15.9 Å². The van der Waals surface area contributed by atoms with E-state index >= 15 is 0 Å². The lowest BCUT2D eigenvalue weighted by molar-refractivity contribution is 0.0948. The van der Waals surface area contributed by atoms with Crippen molar-refractivity contribution in [2.24, 2.45) is 0 Å². The summed E-state index contributed by atoms with van der Waals surface area (Å²) in [5, 5.41) is 2.87. The Kier molecular flexibility index (Phi) is 7.61. The molecule has 0 saturated carbocycles. The van der Waals surface area contributed by atoms with Gasteiger partial charge in [-0.2, -0.15) is 0 Å². The first-order valence-corrected chi connectivity index (χ1v) is 11.1. The molecule has 0 spiro atoms. The molecule has 0 bridgehead atoms. The fourth-order valence-electron chi connectivity index (χ4n) is 3.78. The van der Waals surface area contributed by atoms with E-state index in [-0.39, 0.29) is 18.3 Å². The van der Waals surface area contributed by atoms with E-state index in [9.17, 15) is 9.18 Å². The number of carbonyl (C=O) groups excluding carboxylic acids is 1. The van der Waals surface area contributed by atoms with Crippen LogP contribution in [0.4, 0.5) is 10.2 Å². The second-order valence-corrected chi connectivity index (χ2v) is 7.75. The normalized spacial score (nSPS) is 13.3. The molecule has 1 aliphatic heterocycles. The van der Waals surface area contributed by atoms with Crippen LogP contribution < -0.4 is 24.4 Å². The summed E-state index contributed by atoms with van der Waals surface area (Å²) in [7, 11) is 4.61. The van der Waals surface area contributed by atoms with Gasteiger partial charge in [-0.25, -0.2) is 14.4 Å². The Morgan fingerprint density at radius 3 is 2.31 bits per heavy atom. The standard InChI is InChI=1S/C25H27FN4O5/c1-32-20-12-17(13-21(33-2)22(20)34-3)23-27-15-19(24(29-23)30-8-10-35-11-9-30)25(31)28-14-16-4-6-18(26)7-5-16/h4-7,12-13,15H,8-11,14H2,1-3H3,(H,28,31). The van der Waals surface area contributed by atoms with Crippen molar-refractivity contribution in [3.8, 4) is 28.6 Å². The number of carbonyl (C=O) groups is 1. The van der Waals surface area contributed by atoms with Gasteiger partial charge in [0, 0.05) is 31.4 Å². The smallest absolute Gasteiger partial charge is 0.256 e. The third-order valence-electron chi connectivity index (χ3n) is 5.61. The summed E-state index contributed by atoms with van der Waals surface area (Å²) in [4.78, 5) is 24.3. The fourth-order valence-corrected chi connectivity index (χ4v) is 3.78. The minimum absolute atomic E-state index is 0.246. The molecule has 1 aromatic heterocycles. The van der Waals surface area contributed by atoms with Crippen LogP contribution in [0.3, 0.4) is 0 Å². The number of halogens is 1. The zero-order valence-corrected chi connectivity index (χ0v) is 19.8. The van der Waals surface area contributed by atoms with Crippen molar-refractivity contribution in [1.82, 2.24) is 15.3 Å². The van der Waals surface area contributed by atoms with Gasteiger partial charge in [-0.1, -0.05) is 12.1 Å². The molecule has 1 N–H and O–H groups in total. The van der Waals surface area contributed by atoms with Crippen molar-refractivity contribution >= 4 is 11.7 Å². The largest absolute Gasteiger partial charge is 0.493 e. The second kappa shape index (κ2) is 11.0. The molecule has 0 atom stereocenters. The molecule has 1 amide bonds. The first-order chi connectivity index (χ1) is 17.0. The van der Waals surface area contributed by atoms with Crippen LogP contribution in [-0.2, 0) is 11.3 Å². The molecular weight excluding hydrogens is 455 g/mol. The summed E-state index contributed by atoms with van der Waals surface area (Å²) >= 11 is 0. The van der Waals surface area contributed by atoms with Gasteiger partial charge < -0.3 is 29.2 Å². The van der Waals surface area contributed by atoms with Gasteiger partial charge >= 0.3 is 0 Å². The summed E-state index contributed by atoms with van der Waals surface area (Å²) in [6.45, 7) is 2.48. The Labute approximate surface area is 202 Å². The highest BCUT2D eigenvalue weighted by atomic mass is 19.1. The van der Waals surface area contributed by atoms with E-state index in [1.807, 2.05) is 4.90 Å². The maximum atomic E-state index is 13.2. The molecule has 0 unspecified atom stereocenters. The van der Waals surface area contributed by atoms with Gasteiger partial charge in [0.15, 0.2) is 17.3 Å². The Balaban J connectivity index is 1.68. The van der Waals surface area contributed by atoms with Crippen molar-refractivity contribution in [2.45, 2.75) is 6.54 Å². The molecule has 0 radical (unpaired) electrons. The van der Waals surface area contributed by atoms with Gasteiger partial charge in [0.05, 0.1) is 34.5 Å². The highest BCUT2D eigenvalue weighted by Gasteiger charge is 2.23. The van der Waals surface area contributed by atoms with E-state index in [0.29, 0.717) is 66.3 Å². The highest BCUT2D eigenvalue weighted by Crippen LogP contribution is 2.40. The average Bonchev–Trinajstić information content (AvgIpc) is 2.91. The molecule has 10 heteroatoms. The maximum absolute atomic E-state index is 13.2. The number of hydrogen-bond acceptors (Lipinski definition) is 8. The molecule has 1 fully saturated rings. The van der Waals surface area contributed by atoms with Crippen molar-refractivity contribution in [3.05, 3.63) is 59.5 Å². The lowest BCUT2D eigenvalue weighted by Gasteiger charge is -2.29. The Morgan fingerprint density at radius 2 is 1.71 bits per heavy atom. The van der Waals surface area contributed by atoms with Crippen LogP contribution in [-0.4, -0.2) is 63.5 Å². The summed E-state index contributed by atoms with van der Waals surface area (Å²) in [6, 6.07) is 9.49. The highest BCUT2D eigenvalue weighted by molar-refractivity contribution is 5.99. The van der Waals surface area contributed by atoms with Gasteiger partial charge in [0.1, 0.15) is 17.2 Å². The summed E-state index contributed by atoms with van der Waals surface area (Å²) in [5.74, 6) is 1.66. The third kappa shape index (κ3) is 5.43. The Morgan fingerprint density at radius 1 is 1.06 bits per heavy atom. The molecule has 184 valence electrons. The molecule has 35 heavy (non-hydrogen) atoms. The fraction of sp³-hybridized carbons (Fsp3) is 0.320. The van der Waals surface area contributed by atoms with Gasteiger partial charge in [0.2, 0.25) is 5.75 Å². The monoisotopic (exact) mass is 482 g/mol. The quantitative estimate of drug-likeness (QED) is 0.524. The van der Waals surface area contributed by atoms with Crippen LogP contribution in [0.15, 0.2) is 42.6 Å². The lowest BCUT2D eigenvalue weighted by Crippen LogP contribution is -2.38. The van der Waals surface area contributed by atoms with Crippen LogP contribution in [0.25, 0.3) is 11.4 Å². The van der Waals surface area contributed by atoms with Crippen molar-refractivity contribution < 1.29 is 28.1 Å². The number of benzene rings is 2. The molecular formula is C25H27FN4O5. The van der Waals surface area contributed by atoms with Crippen molar-refractivity contribution in [1.29, 1.82) is 0 Å². The van der Waals surface area contributed by atoms with Gasteiger partial charge in [0.25, 0.3) is 5.91 Å². The van der Waals surface area contributed by atoms with Crippen LogP contribution in [0.2, 0.25) is 0 Å². The number of methoxy groups -OCH3 is 3. The first-order valence-electron chi connectivity index (χ1n) is 11.1.